The smallest absolute Gasteiger partial charge is 0.149 e. The summed E-state index contributed by atoms with van der Waals surface area (Å²) in [7, 11) is 1.61. The lowest BCUT2D eigenvalue weighted by Gasteiger charge is -2.18. The van der Waals surface area contributed by atoms with Crippen LogP contribution < -0.4 is 10.1 Å². The van der Waals surface area contributed by atoms with Gasteiger partial charge in [-0.3, -0.25) is 0 Å². The molecule has 4 nitrogen and oxygen atoms in total. The fourth-order valence-electron chi connectivity index (χ4n) is 1.96. The van der Waals surface area contributed by atoms with Crippen LogP contribution in [0.4, 0.5) is 0 Å². The number of nitrogens with one attached hydrogen (secondary N) is 1. The number of aromatic nitrogens is 2. The largest absolute Gasteiger partial charge is 0.495 e. The molecule has 1 N–H and O–H groups in total. The number of benzene rings is 1. The van der Waals surface area contributed by atoms with Crippen LogP contribution in [-0.2, 0) is 0 Å². The molecular weight excluding hydrogens is 274 g/mol. The van der Waals surface area contributed by atoms with Gasteiger partial charge in [0.1, 0.15) is 11.6 Å². The van der Waals surface area contributed by atoms with Gasteiger partial charge in [0, 0.05) is 12.4 Å². The summed E-state index contributed by atoms with van der Waals surface area (Å²) in [6.45, 7) is 3.01. The Morgan fingerprint density at radius 1 is 1.30 bits per heavy atom. The first kappa shape index (κ1) is 14.8. The fourth-order valence-corrected chi connectivity index (χ4v) is 2.16. The third kappa shape index (κ3) is 3.46. The lowest BCUT2D eigenvalue weighted by Crippen LogP contribution is -2.25. The minimum Gasteiger partial charge on any atom is -0.495 e. The van der Waals surface area contributed by atoms with Gasteiger partial charge in [-0.15, -0.1) is 0 Å². The number of hydrogen-bond acceptors (Lipinski definition) is 4. The van der Waals surface area contributed by atoms with Gasteiger partial charge in [0.2, 0.25) is 0 Å². The maximum absolute atomic E-state index is 6.07. The number of ether oxygens (including phenoxy) is 1. The van der Waals surface area contributed by atoms with Crippen LogP contribution in [0.1, 0.15) is 30.8 Å². The van der Waals surface area contributed by atoms with Crippen molar-refractivity contribution < 1.29 is 4.74 Å². The molecule has 1 atom stereocenters. The molecule has 0 fully saturated rings. The Hall–Kier alpha value is -1.65. The Labute approximate surface area is 124 Å². The van der Waals surface area contributed by atoms with Crippen molar-refractivity contribution in [2.24, 2.45) is 0 Å². The standard InChI is InChI=1S/C15H18ClN3O/c1-3-7-17-14(15-18-8-4-9-19-15)11-5-6-12(16)13(10-11)20-2/h4-6,8-10,14,17H,3,7H2,1-2H3. The van der Waals surface area contributed by atoms with Crippen LogP contribution in [0.2, 0.25) is 5.02 Å². The molecule has 0 spiro atoms. The van der Waals surface area contributed by atoms with E-state index in [-0.39, 0.29) is 6.04 Å². The van der Waals surface area contributed by atoms with E-state index in [1.807, 2.05) is 24.3 Å². The Morgan fingerprint density at radius 3 is 2.70 bits per heavy atom. The van der Waals surface area contributed by atoms with E-state index in [1.165, 1.54) is 0 Å². The monoisotopic (exact) mass is 291 g/mol. The van der Waals surface area contributed by atoms with Crippen molar-refractivity contribution in [2.45, 2.75) is 19.4 Å². The molecular formula is C15H18ClN3O. The van der Waals surface area contributed by atoms with Gasteiger partial charge in [-0.05, 0) is 36.7 Å². The second kappa shape index (κ2) is 7.22. The predicted molar refractivity (Wildman–Crippen MR) is 80.2 cm³/mol. The second-order valence-electron chi connectivity index (χ2n) is 4.39. The maximum atomic E-state index is 6.07. The van der Waals surface area contributed by atoms with Gasteiger partial charge in [-0.25, -0.2) is 9.97 Å². The predicted octanol–water partition coefficient (Wildman–Crippen LogP) is 3.23. The van der Waals surface area contributed by atoms with E-state index in [2.05, 4.69) is 22.2 Å². The molecule has 1 unspecified atom stereocenters. The molecule has 0 saturated carbocycles. The quantitative estimate of drug-likeness (QED) is 0.888. The van der Waals surface area contributed by atoms with Gasteiger partial charge in [0.15, 0.2) is 0 Å². The van der Waals surface area contributed by atoms with E-state index in [1.54, 1.807) is 19.5 Å². The SMILES string of the molecule is CCCNC(c1ccc(Cl)c(OC)c1)c1ncccn1. The summed E-state index contributed by atoms with van der Waals surface area (Å²) < 4.78 is 5.28. The summed E-state index contributed by atoms with van der Waals surface area (Å²) in [5.41, 5.74) is 1.03. The molecule has 106 valence electrons. The van der Waals surface area contributed by atoms with Crippen LogP contribution in [0.15, 0.2) is 36.7 Å². The zero-order valence-electron chi connectivity index (χ0n) is 11.6. The first-order valence-corrected chi connectivity index (χ1v) is 6.97. The van der Waals surface area contributed by atoms with Crippen LogP contribution >= 0.6 is 11.6 Å². The summed E-state index contributed by atoms with van der Waals surface area (Å²) in [5.74, 6) is 1.40. The topological polar surface area (TPSA) is 47.0 Å². The molecule has 0 aliphatic rings. The average molecular weight is 292 g/mol. The average Bonchev–Trinajstić information content (AvgIpc) is 2.50. The van der Waals surface area contributed by atoms with Crippen molar-refractivity contribution in [3.8, 4) is 5.75 Å². The van der Waals surface area contributed by atoms with Gasteiger partial charge < -0.3 is 10.1 Å². The molecule has 1 aromatic carbocycles. The van der Waals surface area contributed by atoms with Gasteiger partial charge in [-0.2, -0.15) is 0 Å². The van der Waals surface area contributed by atoms with E-state index in [0.717, 1.165) is 24.4 Å². The normalized spacial score (nSPS) is 12.2. The van der Waals surface area contributed by atoms with Crippen molar-refractivity contribution in [2.75, 3.05) is 13.7 Å². The molecule has 0 aliphatic heterocycles. The maximum Gasteiger partial charge on any atom is 0.149 e. The fraction of sp³-hybridized carbons (Fsp3) is 0.333. The molecule has 0 saturated heterocycles. The molecule has 1 heterocycles. The summed E-state index contributed by atoms with van der Waals surface area (Å²) in [6.07, 6.45) is 4.53. The number of hydrogen-bond donors (Lipinski definition) is 1. The van der Waals surface area contributed by atoms with Crippen LogP contribution in [-0.4, -0.2) is 23.6 Å². The minimum absolute atomic E-state index is 0.0673. The summed E-state index contributed by atoms with van der Waals surface area (Å²) >= 11 is 6.07. The van der Waals surface area contributed by atoms with E-state index in [4.69, 9.17) is 16.3 Å². The molecule has 0 amide bonds. The summed E-state index contributed by atoms with van der Waals surface area (Å²) in [4.78, 5) is 8.68. The van der Waals surface area contributed by atoms with E-state index in [0.29, 0.717) is 10.8 Å². The minimum atomic E-state index is -0.0673. The summed E-state index contributed by atoms with van der Waals surface area (Å²) in [6, 6.07) is 7.46. The molecule has 1 aromatic heterocycles. The first-order chi connectivity index (χ1) is 9.76. The molecule has 20 heavy (non-hydrogen) atoms. The highest BCUT2D eigenvalue weighted by molar-refractivity contribution is 6.32. The Balaban J connectivity index is 2.36. The Morgan fingerprint density at radius 2 is 2.05 bits per heavy atom. The van der Waals surface area contributed by atoms with Gasteiger partial charge >= 0.3 is 0 Å². The van der Waals surface area contributed by atoms with E-state index >= 15 is 0 Å². The molecule has 2 rings (SSSR count). The summed E-state index contributed by atoms with van der Waals surface area (Å²) in [5, 5.41) is 4.05. The number of halogens is 1. The highest BCUT2D eigenvalue weighted by atomic mass is 35.5. The van der Waals surface area contributed by atoms with Crippen molar-refractivity contribution >= 4 is 11.6 Å². The second-order valence-corrected chi connectivity index (χ2v) is 4.80. The Kier molecular flexibility index (Phi) is 5.32. The molecule has 2 aromatic rings. The number of methoxy groups -OCH3 is 1. The van der Waals surface area contributed by atoms with Crippen molar-refractivity contribution in [1.29, 1.82) is 0 Å². The molecule has 0 aliphatic carbocycles. The third-order valence-electron chi connectivity index (χ3n) is 2.95. The zero-order valence-corrected chi connectivity index (χ0v) is 12.4. The van der Waals surface area contributed by atoms with Crippen molar-refractivity contribution in [3.05, 3.63) is 53.1 Å². The van der Waals surface area contributed by atoms with Gasteiger partial charge in [0.25, 0.3) is 0 Å². The lowest BCUT2D eigenvalue weighted by atomic mass is 10.1. The van der Waals surface area contributed by atoms with Crippen LogP contribution in [0, 0.1) is 0 Å². The highest BCUT2D eigenvalue weighted by Gasteiger charge is 2.17. The Bertz CT molecular complexity index is 548. The van der Waals surface area contributed by atoms with E-state index < -0.39 is 0 Å². The van der Waals surface area contributed by atoms with Crippen LogP contribution in [0.25, 0.3) is 0 Å². The first-order valence-electron chi connectivity index (χ1n) is 6.60. The lowest BCUT2D eigenvalue weighted by molar-refractivity contribution is 0.413. The van der Waals surface area contributed by atoms with Crippen molar-refractivity contribution in [3.63, 3.8) is 0 Å². The molecule has 0 bridgehead atoms. The molecule has 0 radical (unpaired) electrons. The molecule has 5 heteroatoms. The number of rotatable bonds is 6. The zero-order chi connectivity index (χ0) is 14.4. The van der Waals surface area contributed by atoms with Crippen LogP contribution in [0.3, 0.4) is 0 Å². The van der Waals surface area contributed by atoms with Crippen LogP contribution in [0.5, 0.6) is 5.75 Å². The van der Waals surface area contributed by atoms with Gasteiger partial charge in [-0.1, -0.05) is 24.6 Å². The number of nitrogens with zero attached hydrogens (tertiary/aromatic N) is 2. The highest BCUT2D eigenvalue weighted by Crippen LogP contribution is 2.29. The van der Waals surface area contributed by atoms with Gasteiger partial charge in [0.05, 0.1) is 18.2 Å². The van der Waals surface area contributed by atoms with Crippen molar-refractivity contribution in [1.82, 2.24) is 15.3 Å². The third-order valence-corrected chi connectivity index (χ3v) is 3.26. The van der Waals surface area contributed by atoms with E-state index in [9.17, 15) is 0 Å².